The Morgan fingerprint density at radius 2 is 1.69 bits per heavy atom. The van der Waals surface area contributed by atoms with Crippen LogP contribution in [0.25, 0.3) is 22.0 Å². The maximum atomic E-state index is 13.2. The molecule has 0 amide bonds. The minimum Gasteiger partial charge on any atom is -0.466 e. The predicted octanol–water partition coefficient (Wildman–Crippen LogP) is 6.88. The number of aromatic nitrogens is 1. The number of ether oxygens (including phenoxy) is 1. The standard InChI is InChI=1S/C23H20Cl2F3NO5S/c1-3-5-16(22(30)33-4-2)20-19(13-6-8-14(24)9-7-13)17-12-15(25)10-11-18(17)29-21(20)34-35(31,32)23(26,27)28/h6-12,16H,3-5H2,1-2H3. The van der Waals surface area contributed by atoms with E-state index in [9.17, 15) is 26.4 Å². The van der Waals surface area contributed by atoms with Gasteiger partial charge in [-0.05, 0) is 49.2 Å². The third-order valence-corrected chi connectivity index (χ3v) is 6.48. The molecule has 0 aliphatic rings. The van der Waals surface area contributed by atoms with Crippen molar-refractivity contribution in [3.63, 3.8) is 0 Å². The minimum atomic E-state index is -6.10. The number of hydrogen-bond donors (Lipinski definition) is 0. The number of nitrogens with zero attached hydrogens (tertiary/aromatic N) is 1. The third kappa shape index (κ3) is 5.82. The zero-order chi connectivity index (χ0) is 26.0. The van der Waals surface area contributed by atoms with Crippen LogP contribution >= 0.6 is 23.2 Å². The van der Waals surface area contributed by atoms with E-state index in [4.69, 9.17) is 27.9 Å². The van der Waals surface area contributed by atoms with Gasteiger partial charge in [0.2, 0.25) is 5.88 Å². The van der Waals surface area contributed by atoms with Crippen LogP contribution in [0.5, 0.6) is 5.88 Å². The highest BCUT2D eigenvalue weighted by molar-refractivity contribution is 7.88. The van der Waals surface area contributed by atoms with Crippen molar-refractivity contribution in [2.24, 2.45) is 0 Å². The van der Waals surface area contributed by atoms with Gasteiger partial charge in [-0.2, -0.15) is 21.6 Å². The van der Waals surface area contributed by atoms with Crippen molar-refractivity contribution in [2.45, 2.75) is 38.1 Å². The average molecular weight is 550 g/mol. The Bertz CT molecular complexity index is 1350. The summed E-state index contributed by atoms with van der Waals surface area (Å²) in [5.74, 6) is -2.81. The summed E-state index contributed by atoms with van der Waals surface area (Å²) < 4.78 is 73.4. The van der Waals surface area contributed by atoms with Gasteiger partial charge in [0, 0.05) is 26.6 Å². The first kappa shape index (κ1) is 27.0. The zero-order valence-electron chi connectivity index (χ0n) is 18.5. The van der Waals surface area contributed by atoms with Crippen LogP contribution in [0.3, 0.4) is 0 Å². The first-order valence-electron chi connectivity index (χ1n) is 10.5. The summed E-state index contributed by atoms with van der Waals surface area (Å²) in [6.45, 7) is 3.33. The molecule has 3 rings (SSSR count). The number of benzene rings is 2. The van der Waals surface area contributed by atoms with Gasteiger partial charge >= 0.3 is 21.6 Å². The van der Waals surface area contributed by atoms with E-state index in [1.165, 1.54) is 18.2 Å². The second-order valence-electron chi connectivity index (χ2n) is 7.45. The van der Waals surface area contributed by atoms with Crippen LogP contribution in [0.1, 0.15) is 38.2 Å². The molecule has 1 heterocycles. The van der Waals surface area contributed by atoms with Crippen molar-refractivity contribution in [2.75, 3.05) is 6.61 Å². The smallest absolute Gasteiger partial charge is 0.466 e. The number of alkyl halides is 3. The lowest BCUT2D eigenvalue weighted by Crippen LogP contribution is -2.29. The third-order valence-electron chi connectivity index (χ3n) is 5.05. The molecule has 12 heteroatoms. The maximum absolute atomic E-state index is 13.2. The van der Waals surface area contributed by atoms with Crippen LogP contribution < -0.4 is 4.18 Å². The predicted molar refractivity (Wildman–Crippen MR) is 127 cm³/mol. The monoisotopic (exact) mass is 549 g/mol. The van der Waals surface area contributed by atoms with Crippen LogP contribution in [0.2, 0.25) is 10.0 Å². The van der Waals surface area contributed by atoms with E-state index in [0.717, 1.165) is 0 Å². The van der Waals surface area contributed by atoms with Gasteiger partial charge in [-0.1, -0.05) is 48.7 Å². The molecular weight excluding hydrogens is 530 g/mol. The largest absolute Gasteiger partial charge is 0.534 e. The summed E-state index contributed by atoms with van der Waals surface area (Å²) in [4.78, 5) is 17.0. The summed E-state index contributed by atoms with van der Waals surface area (Å²) in [6, 6.07) is 10.6. The highest BCUT2D eigenvalue weighted by atomic mass is 35.5. The lowest BCUT2D eigenvalue weighted by molar-refractivity contribution is -0.145. The molecular formula is C23H20Cl2F3NO5S. The summed E-state index contributed by atoms with van der Waals surface area (Å²) >= 11 is 12.2. The fraction of sp³-hybridized carbons (Fsp3) is 0.304. The molecule has 3 aromatic rings. The molecule has 1 atom stereocenters. The van der Waals surface area contributed by atoms with Gasteiger partial charge in [-0.15, -0.1) is 0 Å². The highest BCUT2D eigenvalue weighted by Crippen LogP contribution is 2.44. The van der Waals surface area contributed by atoms with Gasteiger partial charge in [0.25, 0.3) is 0 Å². The van der Waals surface area contributed by atoms with E-state index in [0.29, 0.717) is 27.4 Å². The molecule has 6 nitrogen and oxygen atoms in total. The van der Waals surface area contributed by atoms with Gasteiger partial charge in [0.1, 0.15) is 0 Å². The number of carbonyl (C=O) groups excluding carboxylic acids is 1. The van der Waals surface area contributed by atoms with E-state index in [-0.39, 0.29) is 29.7 Å². The Kier molecular flexibility index (Phi) is 8.18. The Hall–Kier alpha value is -2.56. The Morgan fingerprint density at radius 1 is 1.06 bits per heavy atom. The van der Waals surface area contributed by atoms with E-state index >= 15 is 0 Å². The normalized spacial score (nSPS) is 13.0. The molecule has 1 aromatic heterocycles. The molecule has 0 radical (unpaired) electrons. The minimum absolute atomic E-state index is 0.000790. The second-order valence-corrected chi connectivity index (χ2v) is 9.86. The number of esters is 1. The highest BCUT2D eigenvalue weighted by Gasteiger charge is 2.49. The van der Waals surface area contributed by atoms with Crippen LogP contribution in [-0.4, -0.2) is 31.5 Å². The summed E-state index contributed by atoms with van der Waals surface area (Å²) in [5.41, 5.74) is -5.11. The lowest BCUT2D eigenvalue weighted by Gasteiger charge is -2.23. The maximum Gasteiger partial charge on any atom is 0.534 e. The molecule has 0 spiro atoms. The molecule has 0 aliphatic heterocycles. The molecule has 0 N–H and O–H groups in total. The summed E-state index contributed by atoms with van der Waals surface area (Å²) in [7, 11) is -6.10. The van der Waals surface area contributed by atoms with Crippen molar-refractivity contribution in [1.29, 1.82) is 0 Å². The fourth-order valence-corrected chi connectivity index (χ4v) is 4.33. The van der Waals surface area contributed by atoms with Crippen LogP contribution in [0.15, 0.2) is 42.5 Å². The quantitative estimate of drug-likeness (QED) is 0.173. The number of carbonyl (C=O) groups is 1. The number of fused-ring (bicyclic) bond motifs is 1. The number of pyridine rings is 1. The Morgan fingerprint density at radius 3 is 2.26 bits per heavy atom. The van der Waals surface area contributed by atoms with Gasteiger partial charge in [-0.25, -0.2) is 4.98 Å². The van der Waals surface area contributed by atoms with E-state index < -0.39 is 33.4 Å². The van der Waals surface area contributed by atoms with Gasteiger partial charge in [-0.3, -0.25) is 4.79 Å². The first-order valence-corrected chi connectivity index (χ1v) is 12.6. The van der Waals surface area contributed by atoms with Crippen LogP contribution in [0.4, 0.5) is 13.2 Å². The van der Waals surface area contributed by atoms with E-state index in [2.05, 4.69) is 9.17 Å². The van der Waals surface area contributed by atoms with Gasteiger partial charge in [0.05, 0.1) is 18.0 Å². The average Bonchev–Trinajstić information content (AvgIpc) is 2.77. The SMILES string of the molecule is CCCC(C(=O)OCC)c1c(OS(=O)(=O)C(F)(F)F)nc2ccc(Cl)cc2c1-c1ccc(Cl)cc1. The van der Waals surface area contributed by atoms with E-state index in [1.807, 2.05) is 0 Å². The van der Waals surface area contributed by atoms with E-state index in [1.54, 1.807) is 38.1 Å². The zero-order valence-corrected chi connectivity index (χ0v) is 20.9. The molecule has 1 unspecified atom stereocenters. The summed E-state index contributed by atoms with van der Waals surface area (Å²) in [5, 5.41) is 1.05. The topological polar surface area (TPSA) is 82.6 Å². The Balaban J connectivity index is 2.49. The summed E-state index contributed by atoms with van der Waals surface area (Å²) in [6.07, 6.45) is 0.540. The Labute approximate surface area is 210 Å². The van der Waals surface area contributed by atoms with Crippen molar-refractivity contribution < 1.29 is 35.3 Å². The lowest BCUT2D eigenvalue weighted by atomic mass is 9.86. The van der Waals surface area contributed by atoms with Crippen molar-refractivity contribution in [1.82, 2.24) is 4.98 Å². The molecule has 0 fully saturated rings. The number of rotatable bonds is 8. The molecule has 0 bridgehead atoms. The van der Waals surface area contributed by atoms with Crippen molar-refractivity contribution in [3.05, 3.63) is 58.1 Å². The first-order chi connectivity index (χ1) is 16.4. The number of hydrogen-bond acceptors (Lipinski definition) is 6. The molecule has 0 saturated carbocycles. The molecule has 0 saturated heterocycles. The molecule has 0 aliphatic carbocycles. The molecule has 35 heavy (non-hydrogen) atoms. The van der Waals surface area contributed by atoms with Crippen LogP contribution in [-0.2, 0) is 19.6 Å². The molecule has 188 valence electrons. The second kappa shape index (κ2) is 10.6. The van der Waals surface area contributed by atoms with Crippen LogP contribution in [0, 0.1) is 0 Å². The van der Waals surface area contributed by atoms with Crippen molar-refractivity contribution in [3.8, 4) is 17.0 Å². The van der Waals surface area contributed by atoms with Gasteiger partial charge in [0.15, 0.2) is 0 Å². The number of halogens is 5. The fourth-order valence-electron chi connectivity index (χ4n) is 3.60. The van der Waals surface area contributed by atoms with Gasteiger partial charge < -0.3 is 8.92 Å². The molecule has 2 aromatic carbocycles. The van der Waals surface area contributed by atoms with Crippen molar-refractivity contribution >= 4 is 50.2 Å².